The van der Waals surface area contributed by atoms with Gasteiger partial charge in [0, 0.05) is 6.92 Å². The van der Waals surface area contributed by atoms with Gasteiger partial charge in [-0.1, -0.05) is 40.5 Å². The summed E-state index contributed by atoms with van der Waals surface area (Å²) in [6, 6.07) is 0. The molecule has 3 fully saturated rings. The number of ether oxygens (including phenoxy) is 1. The molecule has 0 amide bonds. The van der Waals surface area contributed by atoms with Crippen LogP contribution in [0.2, 0.25) is 0 Å². The Labute approximate surface area is 208 Å². The summed E-state index contributed by atoms with van der Waals surface area (Å²) < 4.78 is 5.90. The maximum absolute atomic E-state index is 13.3. The van der Waals surface area contributed by atoms with Crippen molar-refractivity contribution >= 4 is 23.5 Å². The molecule has 0 aromatic carbocycles. The van der Waals surface area contributed by atoms with Gasteiger partial charge in [0.15, 0.2) is 11.6 Å². The second-order valence-electron chi connectivity index (χ2n) is 12.5. The number of carboxylic acid groups (broad SMARTS) is 1. The van der Waals surface area contributed by atoms with Crippen molar-refractivity contribution in [2.75, 3.05) is 0 Å². The quantitative estimate of drug-likeness (QED) is 0.421. The van der Waals surface area contributed by atoms with E-state index in [9.17, 15) is 24.3 Å². The van der Waals surface area contributed by atoms with E-state index in [0.717, 1.165) is 37.7 Å². The molecule has 0 bridgehead atoms. The van der Waals surface area contributed by atoms with Gasteiger partial charge in [-0.25, -0.2) is 4.79 Å². The molecule has 4 aliphatic carbocycles. The average Bonchev–Trinajstić information content (AvgIpc) is 2.74. The fourth-order valence-electron chi connectivity index (χ4n) is 9.19. The van der Waals surface area contributed by atoms with Crippen LogP contribution in [-0.4, -0.2) is 34.7 Å². The summed E-state index contributed by atoms with van der Waals surface area (Å²) in [6.07, 6.45) is 7.65. The number of carbonyl (C=O) groups excluding carboxylic acids is 3. The summed E-state index contributed by atoms with van der Waals surface area (Å²) in [4.78, 5) is 50.7. The first-order chi connectivity index (χ1) is 16.2. The molecule has 0 aromatic rings. The van der Waals surface area contributed by atoms with E-state index in [4.69, 9.17) is 4.74 Å². The topological polar surface area (TPSA) is 97.7 Å². The molecule has 7 atom stereocenters. The third-order valence-corrected chi connectivity index (χ3v) is 10.9. The van der Waals surface area contributed by atoms with Crippen molar-refractivity contribution < 1.29 is 29.0 Å². The number of hydrogen-bond acceptors (Lipinski definition) is 5. The number of carbonyl (C=O) groups is 4. The molecular weight excluding hydrogens is 444 g/mol. The Kier molecular flexibility index (Phi) is 6.01. The lowest BCUT2D eigenvalue weighted by Gasteiger charge is -2.68. The van der Waals surface area contributed by atoms with Crippen LogP contribution in [0.15, 0.2) is 22.8 Å². The summed E-state index contributed by atoms with van der Waals surface area (Å²) in [6.45, 7) is 13.6. The van der Waals surface area contributed by atoms with Crippen molar-refractivity contribution in [2.45, 2.75) is 99.5 Å². The van der Waals surface area contributed by atoms with Gasteiger partial charge in [0.25, 0.3) is 0 Å². The third-order valence-electron chi connectivity index (χ3n) is 10.9. The van der Waals surface area contributed by atoms with E-state index < -0.39 is 40.4 Å². The summed E-state index contributed by atoms with van der Waals surface area (Å²) in [5.74, 6) is -2.25. The molecule has 4 rings (SSSR count). The van der Waals surface area contributed by atoms with Crippen LogP contribution in [-0.2, 0) is 23.9 Å². The SMILES string of the molecule is CCC1(C)CCCC2(C)C1CCC1(C)C3=CC(=O)C(C(C)=O)=C(C(=O)O)C3(C)C(OC(C)=O)CC12. The number of Topliss-reactive ketones (excluding diaryl/α,β-unsaturated/α-hetero) is 1. The molecule has 4 aliphatic rings. The number of hydrogen-bond donors (Lipinski definition) is 1. The molecule has 35 heavy (non-hydrogen) atoms. The highest BCUT2D eigenvalue weighted by Gasteiger charge is 2.68. The molecule has 1 N–H and O–H groups in total. The van der Waals surface area contributed by atoms with E-state index in [1.165, 1.54) is 26.3 Å². The van der Waals surface area contributed by atoms with E-state index >= 15 is 0 Å². The Bertz CT molecular complexity index is 1070. The maximum atomic E-state index is 13.3. The van der Waals surface area contributed by atoms with Gasteiger partial charge in [0.2, 0.25) is 0 Å². The minimum Gasteiger partial charge on any atom is -0.478 e. The van der Waals surface area contributed by atoms with E-state index in [2.05, 4.69) is 27.7 Å². The zero-order valence-electron chi connectivity index (χ0n) is 22.2. The fraction of sp³-hybridized carbons (Fsp3) is 0.724. The zero-order valence-corrected chi connectivity index (χ0v) is 22.2. The Hall–Kier alpha value is -2.24. The molecule has 7 unspecified atom stereocenters. The predicted molar refractivity (Wildman–Crippen MR) is 131 cm³/mol. The van der Waals surface area contributed by atoms with Gasteiger partial charge in [0.1, 0.15) is 6.10 Å². The molecule has 6 nitrogen and oxygen atoms in total. The molecule has 0 heterocycles. The number of esters is 1. The van der Waals surface area contributed by atoms with Crippen molar-refractivity contribution in [3.63, 3.8) is 0 Å². The summed E-state index contributed by atoms with van der Waals surface area (Å²) in [5.41, 5.74) is -1.25. The molecule has 3 saturated carbocycles. The van der Waals surface area contributed by atoms with Crippen LogP contribution < -0.4 is 0 Å². The number of fused-ring (bicyclic) bond motifs is 5. The summed E-state index contributed by atoms with van der Waals surface area (Å²) in [5, 5.41) is 10.3. The molecule has 192 valence electrons. The minimum atomic E-state index is -1.30. The largest absolute Gasteiger partial charge is 0.478 e. The number of carboxylic acids is 1. The number of rotatable bonds is 4. The molecule has 6 heteroatoms. The molecule has 0 aliphatic heterocycles. The Morgan fingerprint density at radius 2 is 1.71 bits per heavy atom. The molecular formula is C29H40O6. The van der Waals surface area contributed by atoms with Gasteiger partial charge in [-0.2, -0.15) is 0 Å². The lowest BCUT2D eigenvalue weighted by molar-refractivity contribution is -0.181. The van der Waals surface area contributed by atoms with E-state index in [-0.39, 0.29) is 27.9 Å². The van der Waals surface area contributed by atoms with Crippen molar-refractivity contribution in [1.82, 2.24) is 0 Å². The molecule has 0 saturated heterocycles. The van der Waals surface area contributed by atoms with Crippen molar-refractivity contribution in [3.8, 4) is 0 Å². The average molecular weight is 485 g/mol. The van der Waals surface area contributed by atoms with E-state index in [1.807, 2.05) is 0 Å². The number of ketones is 2. The highest BCUT2D eigenvalue weighted by molar-refractivity contribution is 6.28. The highest BCUT2D eigenvalue weighted by Crippen LogP contribution is 2.72. The number of aliphatic carboxylic acids is 1. The summed E-state index contributed by atoms with van der Waals surface area (Å²) >= 11 is 0. The van der Waals surface area contributed by atoms with Crippen LogP contribution >= 0.6 is 0 Å². The standard InChI is InChI=1S/C29H40O6/c1-8-26(4)11-9-12-27(5)19(26)10-13-28(6)20(27)15-22(35-17(3)31)29(7)21(28)14-18(32)23(16(2)30)24(29)25(33)34/h14,19-20,22H,8-13,15H2,1-7H3,(H,33,34). The first kappa shape index (κ1) is 25.8. The minimum absolute atomic E-state index is 0.0203. The van der Waals surface area contributed by atoms with Gasteiger partial charge >= 0.3 is 11.9 Å². The van der Waals surface area contributed by atoms with Gasteiger partial charge in [-0.3, -0.25) is 14.4 Å². The Balaban J connectivity index is 1.96. The van der Waals surface area contributed by atoms with Crippen LogP contribution in [0.4, 0.5) is 0 Å². The lowest BCUT2D eigenvalue weighted by atomic mass is 9.36. The first-order valence-electron chi connectivity index (χ1n) is 13.1. The van der Waals surface area contributed by atoms with Crippen molar-refractivity contribution in [2.24, 2.45) is 33.5 Å². The van der Waals surface area contributed by atoms with Gasteiger partial charge in [0.05, 0.1) is 16.6 Å². The monoisotopic (exact) mass is 484 g/mol. The van der Waals surface area contributed by atoms with Crippen LogP contribution in [0.25, 0.3) is 0 Å². The van der Waals surface area contributed by atoms with Crippen molar-refractivity contribution in [1.29, 1.82) is 0 Å². The van der Waals surface area contributed by atoms with Crippen LogP contribution in [0.3, 0.4) is 0 Å². The normalized spacial score (nSPS) is 42.9. The lowest BCUT2D eigenvalue weighted by Crippen LogP contribution is -2.63. The smallest absolute Gasteiger partial charge is 0.333 e. The molecule has 0 spiro atoms. The Morgan fingerprint density at radius 3 is 2.26 bits per heavy atom. The fourth-order valence-corrected chi connectivity index (χ4v) is 9.19. The van der Waals surface area contributed by atoms with E-state index in [1.54, 1.807) is 6.92 Å². The van der Waals surface area contributed by atoms with E-state index in [0.29, 0.717) is 12.3 Å². The highest BCUT2D eigenvalue weighted by atomic mass is 16.5. The Morgan fingerprint density at radius 1 is 1.06 bits per heavy atom. The van der Waals surface area contributed by atoms with Crippen LogP contribution in [0, 0.1) is 33.5 Å². The third kappa shape index (κ3) is 3.41. The van der Waals surface area contributed by atoms with Gasteiger partial charge in [-0.05, 0) is 85.7 Å². The van der Waals surface area contributed by atoms with Crippen molar-refractivity contribution in [3.05, 3.63) is 22.8 Å². The predicted octanol–water partition coefficient (Wildman–Crippen LogP) is 5.45. The molecule has 0 radical (unpaired) electrons. The van der Waals surface area contributed by atoms with Crippen LogP contribution in [0.5, 0.6) is 0 Å². The second kappa shape index (κ2) is 8.14. The summed E-state index contributed by atoms with van der Waals surface area (Å²) in [7, 11) is 0. The first-order valence-corrected chi connectivity index (χ1v) is 13.1. The van der Waals surface area contributed by atoms with Gasteiger partial charge in [-0.15, -0.1) is 0 Å². The zero-order chi connectivity index (χ0) is 26.1. The second-order valence-corrected chi connectivity index (χ2v) is 12.5. The van der Waals surface area contributed by atoms with Gasteiger partial charge < -0.3 is 9.84 Å². The molecule has 0 aromatic heterocycles. The van der Waals surface area contributed by atoms with Crippen LogP contribution in [0.1, 0.15) is 93.4 Å². The maximum Gasteiger partial charge on any atom is 0.333 e. The number of allylic oxidation sites excluding steroid dienone is 2.